The number of benzene rings is 5. The minimum Gasteiger partial charge on any atom is -0.405 e. The second kappa shape index (κ2) is 31.8. The normalized spacial score (nSPS) is 16.7. The van der Waals surface area contributed by atoms with Crippen molar-refractivity contribution in [2.45, 2.75) is 135 Å². The molecule has 3 amide bonds. The van der Waals surface area contributed by atoms with Crippen LogP contribution in [0, 0.1) is 29.1 Å². The van der Waals surface area contributed by atoms with Crippen LogP contribution in [-0.2, 0) is 67.6 Å². The van der Waals surface area contributed by atoms with Gasteiger partial charge in [0.1, 0.15) is 29.1 Å². The van der Waals surface area contributed by atoms with E-state index in [2.05, 4.69) is 63.1 Å². The Balaban J connectivity index is 0.000000190. The van der Waals surface area contributed by atoms with Crippen LogP contribution in [0.3, 0.4) is 0 Å². The molecular weight excluding hydrogens is 1590 g/mol. The van der Waals surface area contributed by atoms with Gasteiger partial charge in [0.05, 0.1) is 66.0 Å². The van der Waals surface area contributed by atoms with Crippen LogP contribution in [0.15, 0.2) is 119 Å². The van der Waals surface area contributed by atoms with Crippen molar-refractivity contribution < 1.29 is 104 Å². The van der Waals surface area contributed by atoms with Crippen LogP contribution in [0.4, 0.5) is 78.5 Å². The summed E-state index contributed by atoms with van der Waals surface area (Å²) in [5.41, 5.74) is -7.98. The van der Waals surface area contributed by atoms with Crippen molar-refractivity contribution in [3.8, 4) is 11.1 Å². The third-order valence-electron chi connectivity index (χ3n) is 17.1. The molecule has 564 valence electrons. The molecule has 105 heavy (non-hydrogen) atoms. The Hall–Kier alpha value is -7.35. The SMILES string of the molecule is CC1(C)OB(B2OC(C)(C)C(C)(C)O2)OC1(C)C.Cn1cc(C(=O)Nc2ccc(F)cc2-c2ccc(F)c(Cl)c2)c(C(F)(F)F)n1.Cn1cc(C(=O)Nc2ccc(F)cc2B2OC(C)(C)C(C)(C)O2)c(C(F)(F)F)n1.Cn1cc(C(=O)Nc2ccc(F)cc2Br)c(C(F)(F)F)n1.Fc1ccc(Br)cc1Cl. The zero-order valence-corrected chi connectivity index (χ0v) is 63.0. The summed E-state index contributed by atoms with van der Waals surface area (Å²) >= 11 is 17.3. The van der Waals surface area contributed by atoms with E-state index in [1.807, 2.05) is 55.4 Å². The van der Waals surface area contributed by atoms with E-state index >= 15 is 0 Å². The number of aryl methyl sites for hydroxylation is 3. The van der Waals surface area contributed by atoms with Crippen molar-refractivity contribution in [3.05, 3.63) is 191 Å². The summed E-state index contributed by atoms with van der Waals surface area (Å²) in [6.07, 6.45) is -11.5. The fourth-order valence-electron chi connectivity index (χ4n) is 9.56. The van der Waals surface area contributed by atoms with Crippen LogP contribution in [0.1, 0.15) is 131 Å². The molecule has 3 aromatic heterocycles. The number of carbonyl (C=O) groups excluding carboxylic acids is 3. The zero-order valence-electron chi connectivity index (χ0n) is 58.3. The van der Waals surface area contributed by atoms with E-state index in [-0.39, 0.29) is 76.4 Å². The Morgan fingerprint density at radius 1 is 0.429 bits per heavy atom. The molecule has 3 aliphatic heterocycles. The Bertz CT molecular complexity index is 4460. The minimum atomic E-state index is -4.83. The van der Waals surface area contributed by atoms with Crippen LogP contribution in [0.2, 0.25) is 10.0 Å². The number of halogens is 18. The van der Waals surface area contributed by atoms with E-state index in [9.17, 15) is 75.8 Å². The van der Waals surface area contributed by atoms with E-state index in [0.717, 1.165) is 79.6 Å². The fraction of sp³-hybridized carbons (Fsp3) is 0.364. The van der Waals surface area contributed by atoms with Crippen molar-refractivity contribution >= 4 is 116 Å². The summed E-state index contributed by atoms with van der Waals surface area (Å²) in [5.74, 6) is -6.00. The maximum absolute atomic E-state index is 13.9. The standard InChI is InChI=1S/C18H20BF4N3O3.C18H11ClF5N3O.C12H24B2O4.C12H8BrF4N3O.C6H3BrClF/c1-16(2)17(3,4)29-19(28-16)12-8-10(20)6-7-13(12)24-15(27)11-9-26(5)25-14(11)18(21,22)23;1-27-8-12(16(26-27)18(22,23)24)17(28)25-15-5-3-10(20)7-11(15)9-2-4-14(21)13(19)6-9;1-9(2)10(3,4)16-13(15-9)14-17-11(5,6)12(7,8)18-14;1-20-5-7(10(19-20)12(15,16)17)11(21)18-9-3-2-6(14)4-8(9)13;7-4-1-2-6(9)5(8)3-4/h6-9H,1-5H3,(H,24,27);2-8H,1H3,(H,25,28);1-8H3;2-5H,1H3,(H,18,21);1-3H. The van der Waals surface area contributed by atoms with Crippen LogP contribution < -0.4 is 21.4 Å². The molecule has 0 aliphatic carbocycles. The van der Waals surface area contributed by atoms with E-state index in [4.69, 9.17) is 51.1 Å². The summed E-state index contributed by atoms with van der Waals surface area (Å²) in [7, 11) is 1.84. The van der Waals surface area contributed by atoms with Crippen molar-refractivity contribution in [2.75, 3.05) is 16.0 Å². The van der Waals surface area contributed by atoms with Gasteiger partial charge in [-0.3, -0.25) is 28.4 Å². The van der Waals surface area contributed by atoms with Crippen molar-refractivity contribution in [3.63, 3.8) is 0 Å². The smallest absolute Gasteiger partial charge is 0.405 e. The Labute approximate surface area is 621 Å². The van der Waals surface area contributed by atoms with Crippen LogP contribution in [-0.4, -0.2) is 102 Å². The number of rotatable bonds is 9. The molecule has 3 aliphatic rings. The summed E-state index contributed by atoms with van der Waals surface area (Å²) in [6.45, 7) is 23.4. The van der Waals surface area contributed by atoms with Gasteiger partial charge >= 0.3 is 39.7 Å². The average molecular weight is 1660 g/mol. The predicted octanol–water partition coefficient (Wildman–Crippen LogP) is 17.5. The van der Waals surface area contributed by atoms with Gasteiger partial charge in [-0.2, -0.15) is 54.8 Å². The van der Waals surface area contributed by atoms with Gasteiger partial charge in [0.15, 0.2) is 17.1 Å². The first kappa shape index (κ1) is 84.9. The van der Waals surface area contributed by atoms with Crippen molar-refractivity contribution in [2.24, 2.45) is 21.1 Å². The average Bonchev–Trinajstić information content (AvgIpc) is 1.60. The van der Waals surface area contributed by atoms with Crippen molar-refractivity contribution in [1.82, 2.24) is 29.3 Å². The molecule has 3 N–H and O–H groups in total. The Morgan fingerprint density at radius 2 is 0.752 bits per heavy atom. The summed E-state index contributed by atoms with van der Waals surface area (Å²) < 4.78 is 223. The molecule has 0 bridgehead atoms. The number of amides is 3. The second-order valence-corrected chi connectivity index (χ2v) is 29.2. The monoisotopic (exact) mass is 1660 g/mol. The lowest BCUT2D eigenvalue weighted by Crippen LogP contribution is -2.41. The van der Waals surface area contributed by atoms with Gasteiger partial charge in [-0.15, -0.1) is 0 Å². The van der Waals surface area contributed by atoms with Gasteiger partial charge in [0, 0.05) is 71.1 Å². The maximum atomic E-state index is 13.9. The first-order chi connectivity index (χ1) is 48.0. The molecule has 18 nitrogen and oxygen atoms in total. The molecule has 0 radical (unpaired) electrons. The number of alkyl halides is 9. The van der Waals surface area contributed by atoms with Crippen LogP contribution >= 0.6 is 55.1 Å². The van der Waals surface area contributed by atoms with Gasteiger partial charge < -0.3 is 43.9 Å². The molecule has 0 atom stereocenters. The molecule has 0 unspecified atom stereocenters. The molecule has 3 saturated heterocycles. The van der Waals surface area contributed by atoms with Crippen LogP contribution in [0.25, 0.3) is 11.1 Å². The van der Waals surface area contributed by atoms with Gasteiger partial charge in [0.25, 0.3) is 17.7 Å². The first-order valence-electron chi connectivity index (χ1n) is 31.0. The number of aromatic nitrogens is 6. The van der Waals surface area contributed by atoms with Gasteiger partial charge in [-0.05, 0) is 190 Å². The van der Waals surface area contributed by atoms with Gasteiger partial charge in [-0.1, -0.05) is 45.2 Å². The molecule has 39 heteroatoms. The predicted molar refractivity (Wildman–Crippen MR) is 373 cm³/mol. The first-order valence-corrected chi connectivity index (χ1v) is 33.3. The summed E-state index contributed by atoms with van der Waals surface area (Å²) in [4.78, 5) is 37.0. The number of nitrogens with zero attached hydrogens (tertiary/aromatic N) is 6. The minimum absolute atomic E-state index is 0.0195. The highest BCUT2D eigenvalue weighted by Gasteiger charge is 2.64. The van der Waals surface area contributed by atoms with E-state index in [0.29, 0.717) is 0 Å². The highest BCUT2D eigenvalue weighted by molar-refractivity contribution is 9.10. The van der Waals surface area contributed by atoms with Gasteiger partial charge in [-0.25, -0.2) is 22.0 Å². The summed E-state index contributed by atoms with van der Waals surface area (Å²) in [6, 6.07) is 18.1. The van der Waals surface area contributed by atoms with Crippen LogP contribution in [0.5, 0.6) is 0 Å². The lowest BCUT2D eigenvalue weighted by Gasteiger charge is -2.32. The zero-order chi connectivity index (χ0) is 79.0. The number of hydrogen-bond acceptors (Lipinski definition) is 12. The lowest BCUT2D eigenvalue weighted by molar-refractivity contribution is -0.142. The number of anilines is 3. The topological polar surface area (TPSA) is 196 Å². The van der Waals surface area contributed by atoms with E-state index in [1.165, 1.54) is 63.6 Å². The Kier molecular flexibility index (Phi) is 25.7. The lowest BCUT2D eigenvalue weighted by atomic mass is 9.49. The highest BCUT2D eigenvalue weighted by atomic mass is 79.9. The van der Waals surface area contributed by atoms with Crippen molar-refractivity contribution in [1.29, 1.82) is 0 Å². The highest BCUT2D eigenvalue weighted by Crippen LogP contribution is 2.44. The van der Waals surface area contributed by atoms with Gasteiger partial charge in [0.2, 0.25) is 0 Å². The fourth-order valence-corrected chi connectivity index (χ4v) is 10.9. The molecule has 0 saturated carbocycles. The molecule has 3 fully saturated rings. The second-order valence-electron chi connectivity index (χ2n) is 26.6. The number of carbonyl (C=O) groups is 3. The third kappa shape index (κ3) is 20.7. The molecule has 6 heterocycles. The number of hydrogen-bond donors (Lipinski definition) is 3. The molecule has 5 aromatic carbocycles. The molecular formula is C66H66B3Br2Cl2F14N9O9. The largest absolute Gasteiger partial charge is 0.497 e. The quantitative estimate of drug-likeness (QED) is 0.0704. The third-order valence-corrected chi connectivity index (χ3v) is 18.8. The number of nitrogens with one attached hydrogen (secondary N) is 3. The molecule has 11 rings (SSSR count). The van der Waals surface area contributed by atoms with E-state index in [1.54, 1.807) is 33.8 Å². The molecule has 8 aromatic rings. The summed E-state index contributed by atoms with van der Waals surface area (Å²) in [5, 5.41) is 16.7. The maximum Gasteiger partial charge on any atom is 0.497 e. The van der Waals surface area contributed by atoms with E-state index < -0.39 is 126 Å². The Morgan fingerprint density at radius 3 is 1.11 bits per heavy atom. The molecule has 0 spiro atoms.